The topological polar surface area (TPSA) is 77.5 Å². The highest BCUT2D eigenvalue weighted by Gasteiger charge is 2.68. The molecule has 7 bridgehead atoms. The molecule has 1 spiro atoms. The Morgan fingerprint density at radius 2 is 1.98 bits per heavy atom. The van der Waals surface area contributed by atoms with E-state index in [0.29, 0.717) is 18.3 Å². The highest BCUT2D eigenvalue weighted by Crippen LogP contribution is 2.70. The molecule has 44 heavy (non-hydrogen) atoms. The summed E-state index contributed by atoms with van der Waals surface area (Å²) in [6.07, 6.45) is 17.6. The van der Waals surface area contributed by atoms with Gasteiger partial charge in [-0.3, -0.25) is 0 Å². The van der Waals surface area contributed by atoms with E-state index in [2.05, 4.69) is 48.4 Å². The molecule has 0 radical (unpaired) electrons. The number of fused-ring (bicyclic) bond motifs is 3. The van der Waals surface area contributed by atoms with Gasteiger partial charge in [0.1, 0.15) is 17.3 Å². The van der Waals surface area contributed by atoms with E-state index in [4.69, 9.17) is 9.47 Å². The average molecular weight is 631 g/mol. The van der Waals surface area contributed by atoms with Gasteiger partial charge < -0.3 is 14.8 Å². The summed E-state index contributed by atoms with van der Waals surface area (Å²) in [4.78, 5) is 32.6. The van der Waals surface area contributed by atoms with Crippen LogP contribution in [0, 0.1) is 34.5 Å². The number of carbonyl (C=O) groups is 2. The Labute approximate surface area is 268 Å². The summed E-state index contributed by atoms with van der Waals surface area (Å²) in [6.45, 7) is 4.53. The van der Waals surface area contributed by atoms with E-state index in [-0.39, 0.29) is 29.2 Å². The third kappa shape index (κ3) is 4.48. The second-order valence-electron chi connectivity index (χ2n) is 14.2. The van der Waals surface area contributed by atoms with Crippen LogP contribution in [-0.2, 0) is 25.5 Å². The summed E-state index contributed by atoms with van der Waals surface area (Å²) >= 11 is 0. The molecule has 2 saturated carbocycles. The van der Waals surface area contributed by atoms with Gasteiger partial charge in [-0.2, -0.15) is 0 Å². The molecular weight excluding hydrogens is 589 g/mol. The van der Waals surface area contributed by atoms with Crippen LogP contribution < -0.4 is 5.32 Å². The smallest absolute Gasteiger partial charge is 0.340 e. The van der Waals surface area contributed by atoms with Gasteiger partial charge >= 0.3 is 11.9 Å². The van der Waals surface area contributed by atoms with E-state index in [1.807, 2.05) is 27.8 Å². The number of cyclic esters (lactones) is 1. The number of pyridine rings is 1. The number of carbonyl (C=O) groups excluding carboxylic acids is 2. The van der Waals surface area contributed by atoms with Crippen molar-refractivity contribution in [2.24, 2.45) is 34.5 Å². The van der Waals surface area contributed by atoms with Gasteiger partial charge in [-0.05, 0) is 111 Å². The second-order valence-corrected chi connectivity index (χ2v) is 16.7. The summed E-state index contributed by atoms with van der Waals surface area (Å²) in [5.74, 6) is 4.81. The van der Waals surface area contributed by atoms with E-state index >= 15 is 0 Å². The molecule has 5 aliphatic carbocycles. The number of rotatable bonds is 2. The molecule has 4 heterocycles. The van der Waals surface area contributed by atoms with Crippen LogP contribution in [0.1, 0.15) is 83.6 Å². The highest BCUT2D eigenvalue weighted by atomic mass is 33.1. The molecule has 1 aromatic rings. The quantitative estimate of drug-likeness (QED) is 0.258. The Bertz CT molecular complexity index is 1540. The summed E-state index contributed by atoms with van der Waals surface area (Å²) in [5.41, 5.74) is 4.74. The van der Waals surface area contributed by atoms with E-state index in [1.165, 1.54) is 18.4 Å². The minimum absolute atomic E-state index is 0.0743. The fraction of sp³-hybridized carbons (Fsp3) is 0.583. The lowest BCUT2D eigenvalue weighted by Crippen LogP contribution is -2.52. The molecule has 6 nitrogen and oxygen atoms in total. The van der Waals surface area contributed by atoms with Crippen molar-refractivity contribution in [2.75, 3.05) is 16.9 Å². The van der Waals surface area contributed by atoms with Crippen molar-refractivity contribution in [2.45, 2.75) is 84.5 Å². The maximum Gasteiger partial charge on any atom is 0.340 e. The van der Waals surface area contributed by atoms with Gasteiger partial charge in [0.25, 0.3) is 0 Å². The van der Waals surface area contributed by atoms with Gasteiger partial charge in [-0.1, -0.05) is 53.9 Å². The maximum absolute atomic E-state index is 14.0. The lowest BCUT2D eigenvalue weighted by Gasteiger charge is -2.56. The first-order valence-corrected chi connectivity index (χ1v) is 19.2. The standard InChI is InChI=1S/C36H42N2O4S2/c1-3-35(12-4-5-13-35)18-27-25-8-7-24-23-10-14-36(31(24)30(25)33(39)41-27)28-9-6-21(2)19-43-44-20-38-29-17-22(11-15-37-29)16-26(23)32(36)34(40)42-28/h9,11,15,17-18,21,23-24,31H,3-8,10,12-14,16,19-20H2,1-2H3,(H,37,38)/t21-,23+,24-,31-,36+/m0/s1. The minimum Gasteiger partial charge on any atom is -0.427 e. The molecule has 1 saturated heterocycles. The molecule has 8 heteroatoms. The predicted molar refractivity (Wildman–Crippen MR) is 175 cm³/mol. The van der Waals surface area contributed by atoms with Crippen molar-refractivity contribution in [1.29, 1.82) is 0 Å². The summed E-state index contributed by atoms with van der Waals surface area (Å²) in [7, 11) is 3.68. The number of ether oxygens (including phenoxy) is 2. The van der Waals surface area contributed by atoms with E-state index in [1.54, 1.807) is 0 Å². The minimum atomic E-state index is -0.593. The van der Waals surface area contributed by atoms with Crippen molar-refractivity contribution in [3.63, 3.8) is 0 Å². The van der Waals surface area contributed by atoms with Gasteiger partial charge in [0.2, 0.25) is 0 Å². The number of nitrogens with one attached hydrogen (secondary N) is 1. The molecule has 1 aromatic heterocycles. The Balaban J connectivity index is 1.29. The predicted octanol–water partition coefficient (Wildman–Crippen LogP) is 8.30. The Hall–Kier alpha value is -2.45. The normalized spacial score (nSPS) is 35.2. The number of anilines is 1. The van der Waals surface area contributed by atoms with Crippen LogP contribution in [0.3, 0.4) is 0 Å². The van der Waals surface area contributed by atoms with E-state index in [0.717, 1.165) is 103 Å². The van der Waals surface area contributed by atoms with Gasteiger partial charge in [-0.15, -0.1) is 0 Å². The Morgan fingerprint density at radius 3 is 2.82 bits per heavy atom. The molecule has 5 atom stereocenters. The van der Waals surface area contributed by atoms with Crippen LogP contribution in [0.4, 0.5) is 5.82 Å². The first-order valence-electron chi connectivity index (χ1n) is 16.7. The van der Waals surface area contributed by atoms with Crippen molar-refractivity contribution >= 4 is 39.3 Å². The third-order valence-electron chi connectivity index (χ3n) is 11.9. The van der Waals surface area contributed by atoms with Crippen LogP contribution in [0.25, 0.3) is 0 Å². The molecule has 1 N–H and O–H groups in total. The highest BCUT2D eigenvalue weighted by molar-refractivity contribution is 8.76. The van der Waals surface area contributed by atoms with Crippen molar-refractivity contribution in [3.05, 3.63) is 69.9 Å². The number of aromatic nitrogens is 1. The van der Waals surface area contributed by atoms with Gasteiger partial charge in [0.15, 0.2) is 0 Å². The largest absolute Gasteiger partial charge is 0.427 e. The summed E-state index contributed by atoms with van der Waals surface area (Å²) in [5, 5.41) is 3.47. The fourth-order valence-corrected chi connectivity index (χ4v) is 11.9. The van der Waals surface area contributed by atoms with Gasteiger partial charge in [0.05, 0.1) is 16.9 Å². The summed E-state index contributed by atoms with van der Waals surface area (Å²) in [6, 6.07) is 4.21. The number of hydrogen-bond acceptors (Lipinski definition) is 8. The van der Waals surface area contributed by atoms with Crippen molar-refractivity contribution in [1.82, 2.24) is 4.98 Å². The van der Waals surface area contributed by atoms with Crippen molar-refractivity contribution < 1.29 is 19.1 Å². The monoisotopic (exact) mass is 630 g/mol. The van der Waals surface area contributed by atoms with Crippen LogP contribution in [-0.4, -0.2) is 28.6 Å². The lowest BCUT2D eigenvalue weighted by atomic mass is 9.44. The van der Waals surface area contributed by atoms with E-state index < -0.39 is 5.41 Å². The molecule has 0 aromatic carbocycles. The SMILES string of the molecule is CCC1(C=C2OC(=O)C3=C2CC[C@@H]2[C@@H]3[C@]34CC[C@H]2C2=C3C(=O)OC4=CC[C@H](C)CSSCNc3cc(ccn3)C2)CCCC1. The van der Waals surface area contributed by atoms with Crippen LogP contribution in [0.5, 0.6) is 0 Å². The number of allylic oxidation sites excluding steroid dienone is 5. The Morgan fingerprint density at radius 1 is 1.11 bits per heavy atom. The second kappa shape index (κ2) is 11.1. The molecule has 0 amide bonds. The molecule has 3 fully saturated rings. The first kappa shape index (κ1) is 29.0. The number of nitrogens with zero attached hydrogens (tertiary/aromatic N) is 1. The molecular formula is C36H42N2O4S2. The molecule has 3 aliphatic heterocycles. The lowest BCUT2D eigenvalue weighted by molar-refractivity contribution is -0.135. The average Bonchev–Trinajstić information content (AvgIpc) is 3.71. The van der Waals surface area contributed by atoms with Crippen molar-refractivity contribution in [3.8, 4) is 0 Å². The van der Waals surface area contributed by atoms with Crippen LogP contribution in [0.2, 0.25) is 0 Å². The molecule has 8 aliphatic rings. The first-order chi connectivity index (χ1) is 21.4. The van der Waals surface area contributed by atoms with Gasteiger partial charge in [-0.25, -0.2) is 14.6 Å². The zero-order valence-corrected chi connectivity index (χ0v) is 27.4. The van der Waals surface area contributed by atoms with Crippen LogP contribution in [0.15, 0.2) is 64.3 Å². The third-order valence-corrected chi connectivity index (χ3v) is 14.3. The number of esters is 2. The zero-order valence-electron chi connectivity index (χ0n) is 25.8. The summed E-state index contributed by atoms with van der Waals surface area (Å²) < 4.78 is 12.5. The molecule has 0 unspecified atom stereocenters. The fourth-order valence-electron chi connectivity index (χ4n) is 9.78. The zero-order chi connectivity index (χ0) is 30.1. The van der Waals surface area contributed by atoms with Gasteiger partial charge in [0, 0.05) is 29.0 Å². The maximum atomic E-state index is 14.0. The van der Waals surface area contributed by atoms with E-state index in [9.17, 15) is 9.59 Å². The van der Waals surface area contributed by atoms with Crippen LogP contribution >= 0.6 is 21.6 Å². The molecule has 232 valence electrons. The number of hydrogen-bond donors (Lipinski definition) is 1. The molecule has 9 rings (SSSR count). The Kier molecular flexibility index (Phi) is 7.32.